The van der Waals surface area contributed by atoms with Gasteiger partial charge in [-0.15, -0.1) is 0 Å². The van der Waals surface area contributed by atoms with E-state index in [0.717, 1.165) is 13.1 Å². The van der Waals surface area contributed by atoms with Gasteiger partial charge in [-0.25, -0.2) is 13.1 Å². The molecule has 20 heavy (non-hydrogen) atoms. The van der Waals surface area contributed by atoms with Crippen LogP contribution < -0.4 is 4.72 Å². The first-order chi connectivity index (χ1) is 9.44. The summed E-state index contributed by atoms with van der Waals surface area (Å²) in [6.07, 6.45) is 2.35. The quantitative estimate of drug-likeness (QED) is 0.685. The van der Waals surface area contributed by atoms with Crippen LogP contribution in [0.4, 0.5) is 0 Å². The summed E-state index contributed by atoms with van der Waals surface area (Å²) >= 11 is 0. The van der Waals surface area contributed by atoms with Gasteiger partial charge < -0.3 is 10.0 Å². The van der Waals surface area contributed by atoms with E-state index in [1.54, 1.807) is 6.92 Å². The summed E-state index contributed by atoms with van der Waals surface area (Å²) < 4.78 is 27.4. The average Bonchev–Trinajstić information content (AvgIpc) is 2.97. The molecular weight excluding hydrogens is 280 g/mol. The molecule has 0 bridgehead atoms. The maximum atomic E-state index is 12.4. The molecule has 0 aromatic carbocycles. The number of H-pyrrole nitrogens is 1. The third-order valence-corrected chi connectivity index (χ3v) is 5.26. The molecule has 1 aromatic heterocycles. The summed E-state index contributed by atoms with van der Waals surface area (Å²) in [5, 5.41) is 15.6. The number of hydrogen-bond donors (Lipinski definition) is 3. The van der Waals surface area contributed by atoms with Gasteiger partial charge in [0.2, 0.25) is 10.0 Å². The van der Waals surface area contributed by atoms with Crippen LogP contribution in [0, 0.1) is 6.92 Å². The van der Waals surface area contributed by atoms with E-state index in [0.29, 0.717) is 12.2 Å². The van der Waals surface area contributed by atoms with Gasteiger partial charge in [0.1, 0.15) is 10.6 Å². The third kappa shape index (κ3) is 3.38. The molecule has 8 heteroatoms. The summed E-state index contributed by atoms with van der Waals surface area (Å²) in [7, 11) is -3.66. The van der Waals surface area contributed by atoms with Gasteiger partial charge in [-0.1, -0.05) is 0 Å². The van der Waals surface area contributed by atoms with E-state index in [1.165, 1.54) is 12.8 Å². The molecule has 1 aliphatic rings. The van der Waals surface area contributed by atoms with Crippen molar-refractivity contribution in [2.75, 3.05) is 19.6 Å². The molecule has 0 spiro atoms. The third-order valence-electron chi connectivity index (χ3n) is 3.47. The van der Waals surface area contributed by atoms with Crippen LogP contribution in [0.2, 0.25) is 0 Å². The number of aromatic nitrogens is 2. The number of aliphatic hydroxyl groups is 1. The molecule has 114 valence electrons. The number of sulfonamides is 1. The molecule has 1 fully saturated rings. The Hall–Kier alpha value is -0.960. The summed E-state index contributed by atoms with van der Waals surface area (Å²) in [6.45, 7) is 5.83. The number of rotatable bonds is 6. The topological polar surface area (TPSA) is 98.3 Å². The lowest BCUT2D eigenvalue weighted by Crippen LogP contribution is -2.41. The number of nitrogens with one attached hydrogen (secondary N) is 2. The summed E-state index contributed by atoms with van der Waals surface area (Å²) in [6, 6.07) is -0.182. The van der Waals surface area contributed by atoms with Crippen LogP contribution in [0.1, 0.15) is 31.2 Å². The first-order valence-corrected chi connectivity index (χ1v) is 8.31. The number of aliphatic hydroxyl groups excluding tert-OH is 1. The van der Waals surface area contributed by atoms with Crippen LogP contribution in [-0.2, 0) is 16.6 Å². The van der Waals surface area contributed by atoms with Gasteiger partial charge >= 0.3 is 0 Å². The number of likely N-dealkylation sites (tertiary alicyclic amines) is 1. The van der Waals surface area contributed by atoms with Crippen LogP contribution in [0.25, 0.3) is 0 Å². The van der Waals surface area contributed by atoms with Crippen molar-refractivity contribution in [3.63, 3.8) is 0 Å². The SMILES string of the molecule is Cc1[nH]nc(CO)c1S(=O)(=O)NC(C)CN1CCCC1. The minimum Gasteiger partial charge on any atom is -0.390 e. The normalized spacial score (nSPS) is 18.6. The van der Waals surface area contributed by atoms with Gasteiger partial charge in [-0.05, 0) is 39.8 Å². The minimum absolute atomic E-state index is 0.0632. The standard InChI is InChI=1S/C12H22N4O3S/c1-9(7-16-5-3-4-6-16)15-20(18,19)12-10(2)13-14-11(12)8-17/h9,15,17H,3-8H2,1-2H3,(H,13,14). The second kappa shape index (κ2) is 6.21. The molecule has 0 saturated carbocycles. The number of aryl methyl sites for hydroxylation is 1. The Morgan fingerprint density at radius 3 is 2.70 bits per heavy atom. The molecule has 0 amide bonds. The van der Waals surface area contributed by atoms with Crippen LogP contribution in [-0.4, -0.2) is 54.3 Å². The molecule has 1 saturated heterocycles. The van der Waals surface area contributed by atoms with E-state index in [4.69, 9.17) is 0 Å². The predicted octanol–water partition coefficient (Wildman–Crippen LogP) is -0.0270. The van der Waals surface area contributed by atoms with E-state index in [2.05, 4.69) is 19.8 Å². The molecule has 1 aromatic rings. The highest BCUT2D eigenvalue weighted by Crippen LogP contribution is 2.18. The van der Waals surface area contributed by atoms with E-state index in [1.807, 2.05) is 6.92 Å². The first kappa shape index (κ1) is 15.4. The second-order valence-electron chi connectivity index (χ2n) is 5.31. The average molecular weight is 302 g/mol. The van der Waals surface area contributed by atoms with Crippen molar-refractivity contribution in [2.24, 2.45) is 0 Å². The molecule has 0 radical (unpaired) electrons. The molecule has 0 aliphatic carbocycles. The van der Waals surface area contributed by atoms with Crippen LogP contribution in [0.15, 0.2) is 4.90 Å². The van der Waals surface area contributed by atoms with Gasteiger partial charge in [-0.3, -0.25) is 5.10 Å². The van der Waals surface area contributed by atoms with Gasteiger partial charge in [0.25, 0.3) is 0 Å². The smallest absolute Gasteiger partial charge is 0.244 e. The molecular formula is C12H22N4O3S. The maximum Gasteiger partial charge on any atom is 0.244 e. The van der Waals surface area contributed by atoms with Crippen LogP contribution >= 0.6 is 0 Å². The van der Waals surface area contributed by atoms with Crippen molar-refractivity contribution in [3.8, 4) is 0 Å². The molecule has 2 rings (SSSR count). The fourth-order valence-corrected chi connectivity index (χ4v) is 4.24. The molecule has 1 aliphatic heterocycles. The molecule has 1 atom stereocenters. The van der Waals surface area contributed by atoms with Gasteiger partial charge in [0, 0.05) is 12.6 Å². The zero-order valence-electron chi connectivity index (χ0n) is 11.9. The lowest BCUT2D eigenvalue weighted by Gasteiger charge is -2.21. The predicted molar refractivity (Wildman–Crippen MR) is 74.7 cm³/mol. The van der Waals surface area contributed by atoms with Crippen molar-refractivity contribution in [3.05, 3.63) is 11.4 Å². The van der Waals surface area contributed by atoms with Crippen molar-refractivity contribution < 1.29 is 13.5 Å². The van der Waals surface area contributed by atoms with E-state index < -0.39 is 16.6 Å². The van der Waals surface area contributed by atoms with Gasteiger partial charge in [0.15, 0.2) is 0 Å². The molecule has 2 heterocycles. The Balaban J connectivity index is 2.08. The van der Waals surface area contributed by atoms with Crippen molar-refractivity contribution >= 4 is 10.0 Å². The molecule has 3 N–H and O–H groups in total. The second-order valence-corrected chi connectivity index (χ2v) is 6.96. The maximum absolute atomic E-state index is 12.4. The molecule has 1 unspecified atom stereocenters. The van der Waals surface area contributed by atoms with Crippen molar-refractivity contribution in [1.82, 2.24) is 19.8 Å². The van der Waals surface area contributed by atoms with E-state index in [-0.39, 0.29) is 16.6 Å². The Morgan fingerprint density at radius 1 is 1.45 bits per heavy atom. The Bertz CT molecular complexity index is 549. The zero-order valence-corrected chi connectivity index (χ0v) is 12.7. The fourth-order valence-electron chi connectivity index (χ4n) is 2.65. The highest BCUT2D eigenvalue weighted by molar-refractivity contribution is 7.89. The van der Waals surface area contributed by atoms with Crippen molar-refractivity contribution in [1.29, 1.82) is 0 Å². The van der Waals surface area contributed by atoms with Crippen molar-refractivity contribution in [2.45, 2.75) is 44.2 Å². The monoisotopic (exact) mass is 302 g/mol. The first-order valence-electron chi connectivity index (χ1n) is 6.83. The molecule has 7 nitrogen and oxygen atoms in total. The van der Waals surface area contributed by atoms with E-state index >= 15 is 0 Å². The summed E-state index contributed by atoms with van der Waals surface area (Å²) in [4.78, 5) is 2.32. The largest absolute Gasteiger partial charge is 0.390 e. The zero-order chi connectivity index (χ0) is 14.8. The Kier molecular flexibility index (Phi) is 4.79. The fraction of sp³-hybridized carbons (Fsp3) is 0.750. The Morgan fingerprint density at radius 2 is 2.10 bits per heavy atom. The van der Waals surface area contributed by atoms with Gasteiger partial charge in [0.05, 0.1) is 12.3 Å². The van der Waals surface area contributed by atoms with E-state index in [9.17, 15) is 13.5 Å². The Labute approximate surface area is 119 Å². The lowest BCUT2D eigenvalue weighted by atomic mass is 10.3. The minimum atomic E-state index is -3.66. The summed E-state index contributed by atoms with van der Waals surface area (Å²) in [5.74, 6) is 0. The van der Waals surface area contributed by atoms with Crippen LogP contribution in [0.5, 0.6) is 0 Å². The lowest BCUT2D eigenvalue weighted by molar-refractivity contribution is 0.273. The number of aromatic amines is 1. The highest BCUT2D eigenvalue weighted by atomic mass is 32.2. The highest BCUT2D eigenvalue weighted by Gasteiger charge is 2.26. The number of hydrogen-bond acceptors (Lipinski definition) is 5. The van der Waals surface area contributed by atoms with Gasteiger partial charge in [-0.2, -0.15) is 5.10 Å². The summed E-state index contributed by atoms with van der Waals surface area (Å²) in [5.41, 5.74) is 0.596. The van der Waals surface area contributed by atoms with Crippen LogP contribution in [0.3, 0.4) is 0 Å². The number of nitrogens with zero attached hydrogens (tertiary/aromatic N) is 2.